The van der Waals surface area contributed by atoms with E-state index in [9.17, 15) is 0 Å². The van der Waals surface area contributed by atoms with E-state index in [0.29, 0.717) is 6.04 Å². The summed E-state index contributed by atoms with van der Waals surface area (Å²) in [5, 5.41) is 0. The van der Waals surface area contributed by atoms with Gasteiger partial charge < -0.3 is 3.11 Å². The molecule has 2 heteroatoms. The van der Waals surface area contributed by atoms with Crippen molar-refractivity contribution >= 4 is 28.6 Å². The molecule has 0 radical (unpaired) electrons. The molecule has 1 aliphatic heterocycles. The Labute approximate surface area is 86.6 Å². The number of fused-ring (bicyclic) bond motifs is 1. The Morgan fingerprint density at radius 2 is 2.25 bits per heavy atom. The first-order valence-electron chi connectivity index (χ1n) is 3.98. The maximum absolute atomic E-state index is 3.83. The summed E-state index contributed by atoms with van der Waals surface area (Å²) >= 11 is 2.35. The zero-order chi connectivity index (χ0) is 8.55. The Balaban J connectivity index is 2.41. The Morgan fingerprint density at radius 3 is 2.92 bits per heavy atom. The number of nitrogens with zero attached hydrogens (tertiary/aromatic N) is 1. The van der Waals surface area contributed by atoms with Gasteiger partial charge >= 0.3 is 0 Å². The van der Waals surface area contributed by atoms with Crippen molar-refractivity contribution in [1.29, 1.82) is 0 Å². The fourth-order valence-corrected chi connectivity index (χ4v) is 2.45. The molecule has 0 amide bonds. The molecule has 62 valence electrons. The summed E-state index contributed by atoms with van der Waals surface area (Å²) < 4.78 is 2.25. The van der Waals surface area contributed by atoms with Gasteiger partial charge in [0.2, 0.25) is 0 Å². The van der Waals surface area contributed by atoms with E-state index in [1.807, 2.05) is 6.08 Å². The van der Waals surface area contributed by atoms with E-state index < -0.39 is 0 Å². The van der Waals surface area contributed by atoms with E-state index in [2.05, 4.69) is 56.8 Å². The molecular formula is C10H10IN. The van der Waals surface area contributed by atoms with Gasteiger partial charge in [-0.25, -0.2) is 0 Å². The molecule has 1 nitrogen and oxygen atoms in total. The second-order valence-corrected chi connectivity index (χ2v) is 3.99. The minimum Gasteiger partial charge on any atom is -0.307 e. The van der Waals surface area contributed by atoms with Crippen molar-refractivity contribution in [3.63, 3.8) is 0 Å². The predicted octanol–water partition coefficient (Wildman–Crippen LogP) is 2.95. The van der Waals surface area contributed by atoms with Crippen molar-refractivity contribution in [3.8, 4) is 0 Å². The molecule has 1 aromatic rings. The molecule has 0 spiro atoms. The van der Waals surface area contributed by atoms with E-state index >= 15 is 0 Å². The molecule has 1 unspecified atom stereocenters. The molecule has 0 aromatic heterocycles. The fourth-order valence-electron chi connectivity index (χ4n) is 1.55. The summed E-state index contributed by atoms with van der Waals surface area (Å²) in [4.78, 5) is 0. The van der Waals surface area contributed by atoms with E-state index in [1.54, 1.807) is 0 Å². The average molecular weight is 271 g/mol. The lowest BCUT2D eigenvalue weighted by atomic mass is 10.1. The van der Waals surface area contributed by atoms with Gasteiger partial charge in [0.25, 0.3) is 0 Å². The number of rotatable bonds is 1. The highest BCUT2D eigenvalue weighted by Gasteiger charge is 2.24. The van der Waals surface area contributed by atoms with Crippen molar-refractivity contribution in [3.05, 3.63) is 42.5 Å². The van der Waals surface area contributed by atoms with E-state index in [1.165, 1.54) is 11.3 Å². The van der Waals surface area contributed by atoms with Gasteiger partial charge in [-0.2, -0.15) is 0 Å². The third kappa shape index (κ3) is 1.14. The summed E-state index contributed by atoms with van der Waals surface area (Å²) in [6.07, 6.45) is 3.11. The molecule has 0 aliphatic carbocycles. The van der Waals surface area contributed by atoms with Crippen molar-refractivity contribution < 1.29 is 0 Å². The summed E-state index contributed by atoms with van der Waals surface area (Å²) in [5.74, 6) is 0. The quantitative estimate of drug-likeness (QED) is 0.431. The average Bonchev–Trinajstić information content (AvgIpc) is 2.44. The van der Waals surface area contributed by atoms with Crippen LogP contribution in [0.5, 0.6) is 0 Å². The highest BCUT2D eigenvalue weighted by molar-refractivity contribution is 14.1. The molecule has 0 N–H and O–H groups in total. The van der Waals surface area contributed by atoms with Gasteiger partial charge in [-0.15, -0.1) is 6.58 Å². The van der Waals surface area contributed by atoms with Crippen LogP contribution in [0.15, 0.2) is 36.9 Å². The maximum atomic E-state index is 3.83. The van der Waals surface area contributed by atoms with Gasteiger partial charge in [0.15, 0.2) is 0 Å². The molecule has 1 aliphatic rings. The number of hydrogen-bond donors (Lipinski definition) is 0. The number of halogens is 1. The maximum Gasteiger partial charge on any atom is 0.0611 e. The van der Waals surface area contributed by atoms with Gasteiger partial charge in [-0.1, -0.05) is 24.3 Å². The highest BCUT2D eigenvalue weighted by atomic mass is 127. The Bertz CT molecular complexity index is 308. The van der Waals surface area contributed by atoms with Crippen LogP contribution < -0.4 is 3.11 Å². The van der Waals surface area contributed by atoms with Crippen molar-refractivity contribution in [1.82, 2.24) is 0 Å². The monoisotopic (exact) mass is 271 g/mol. The third-order valence-electron chi connectivity index (χ3n) is 2.21. The molecule has 0 saturated carbocycles. The van der Waals surface area contributed by atoms with E-state index in [0.717, 1.165) is 6.42 Å². The van der Waals surface area contributed by atoms with Gasteiger partial charge in [-0.3, -0.25) is 0 Å². The first-order chi connectivity index (χ1) is 5.83. The van der Waals surface area contributed by atoms with Crippen LogP contribution in [0.25, 0.3) is 0 Å². The van der Waals surface area contributed by atoms with Crippen LogP contribution in [0.1, 0.15) is 5.56 Å². The zero-order valence-corrected chi connectivity index (χ0v) is 8.86. The zero-order valence-electron chi connectivity index (χ0n) is 6.70. The highest BCUT2D eigenvalue weighted by Crippen LogP contribution is 2.34. The van der Waals surface area contributed by atoms with Crippen molar-refractivity contribution in [2.75, 3.05) is 3.11 Å². The fraction of sp³-hybridized carbons (Fsp3) is 0.200. The first kappa shape index (κ1) is 8.10. The van der Waals surface area contributed by atoms with Crippen LogP contribution in [0, 0.1) is 0 Å². The minimum atomic E-state index is 0.475. The van der Waals surface area contributed by atoms with E-state index in [4.69, 9.17) is 0 Å². The van der Waals surface area contributed by atoms with Crippen LogP contribution in [0.3, 0.4) is 0 Å². The molecule has 0 fully saturated rings. The number of hydrogen-bond acceptors (Lipinski definition) is 1. The second-order valence-electron chi connectivity index (χ2n) is 2.95. The van der Waals surface area contributed by atoms with Crippen LogP contribution in [0.2, 0.25) is 0 Å². The smallest absolute Gasteiger partial charge is 0.0611 e. The molecule has 1 heterocycles. The Morgan fingerprint density at radius 1 is 1.50 bits per heavy atom. The molecule has 1 aromatic carbocycles. The molecule has 1 atom stereocenters. The lowest BCUT2D eigenvalue weighted by molar-refractivity contribution is 0.893. The lowest BCUT2D eigenvalue weighted by Gasteiger charge is -2.15. The normalized spacial score (nSPS) is 20.8. The Kier molecular flexibility index (Phi) is 2.09. The third-order valence-corrected chi connectivity index (χ3v) is 3.45. The van der Waals surface area contributed by atoms with Gasteiger partial charge in [-0.05, 0) is 18.1 Å². The lowest BCUT2D eigenvalue weighted by Crippen LogP contribution is -2.18. The molecular weight excluding hydrogens is 261 g/mol. The molecule has 0 bridgehead atoms. The van der Waals surface area contributed by atoms with Crippen molar-refractivity contribution in [2.24, 2.45) is 0 Å². The second kappa shape index (κ2) is 3.09. The molecule has 2 rings (SSSR count). The van der Waals surface area contributed by atoms with Crippen LogP contribution in [-0.2, 0) is 6.42 Å². The molecule has 0 saturated heterocycles. The summed E-state index contributed by atoms with van der Waals surface area (Å²) in [6, 6.07) is 8.99. The summed E-state index contributed by atoms with van der Waals surface area (Å²) in [7, 11) is 0. The number of para-hydroxylation sites is 1. The summed E-state index contributed by atoms with van der Waals surface area (Å²) in [6.45, 7) is 3.83. The minimum absolute atomic E-state index is 0.475. The van der Waals surface area contributed by atoms with Crippen molar-refractivity contribution in [2.45, 2.75) is 12.5 Å². The van der Waals surface area contributed by atoms with Crippen LogP contribution in [-0.4, -0.2) is 6.04 Å². The van der Waals surface area contributed by atoms with Gasteiger partial charge in [0.05, 0.1) is 28.9 Å². The number of benzene rings is 1. The number of anilines is 1. The Hall–Kier alpha value is -0.510. The first-order valence-corrected chi connectivity index (χ1v) is 4.95. The summed E-state index contributed by atoms with van der Waals surface area (Å²) in [5.41, 5.74) is 2.76. The SMILES string of the molecule is C=CC1Cc2ccccc2N1I. The van der Waals surface area contributed by atoms with E-state index in [-0.39, 0.29) is 0 Å². The van der Waals surface area contributed by atoms with Gasteiger partial charge in [0.1, 0.15) is 0 Å². The largest absolute Gasteiger partial charge is 0.307 e. The predicted molar refractivity (Wildman–Crippen MR) is 60.6 cm³/mol. The van der Waals surface area contributed by atoms with Gasteiger partial charge in [0, 0.05) is 5.69 Å². The topological polar surface area (TPSA) is 3.24 Å². The van der Waals surface area contributed by atoms with Crippen LogP contribution in [0.4, 0.5) is 5.69 Å². The standard InChI is InChI=1S/C10H10IN/c1-2-9-7-8-5-3-4-6-10(8)12(9)11/h2-6,9H,1,7H2. The van der Waals surface area contributed by atoms with Crippen LogP contribution >= 0.6 is 22.9 Å². The molecule has 12 heavy (non-hydrogen) atoms.